The maximum absolute atomic E-state index is 12.5. The van der Waals surface area contributed by atoms with Crippen LogP contribution in [-0.2, 0) is 28.4 Å². The summed E-state index contributed by atoms with van der Waals surface area (Å²) in [7, 11) is 0.997. The lowest BCUT2D eigenvalue weighted by Gasteiger charge is -2.13. The minimum absolute atomic E-state index is 0.0741. The van der Waals surface area contributed by atoms with Gasteiger partial charge in [-0.05, 0) is 43.3 Å². The van der Waals surface area contributed by atoms with Crippen molar-refractivity contribution < 1.29 is 32.0 Å². The highest BCUT2D eigenvalue weighted by Crippen LogP contribution is 2.33. The van der Waals surface area contributed by atoms with Crippen LogP contribution in [0.15, 0.2) is 90.1 Å². The molecular formula is C30H30N4O7S. The molecule has 0 fully saturated rings. The summed E-state index contributed by atoms with van der Waals surface area (Å²) in [6.07, 6.45) is 3.62. The first-order valence-electron chi connectivity index (χ1n) is 12.7. The highest BCUT2D eigenvalue weighted by molar-refractivity contribution is 7.85. The number of anilines is 1. The lowest BCUT2D eigenvalue weighted by atomic mass is 10.1. The average molecular weight is 591 g/mol. The predicted molar refractivity (Wildman–Crippen MR) is 158 cm³/mol. The van der Waals surface area contributed by atoms with Crippen molar-refractivity contribution in [3.63, 3.8) is 0 Å². The molecule has 0 spiro atoms. The number of nitrogens with one attached hydrogen (secondary N) is 1. The number of rotatable bonds is 8. The van der Waals surface area contributed by atoms with Crippen molar-refractivity contribution >= 4 is 32.6 Å². The van der Waals surface area contributed by atoms with Crippen molar-refractivity contribution in [1.29, 1.82) is 0 Å². The molecule has 0 aliphatic heterocycles. The standard InChI is InChI=1S/C24H24N4O4.C6H6O3S/c1-15-21(14-28(2)27-15)26-24(29)11-16-5-6-18(13-23(16)31-4)32-22-9-10-25-20-12-17(30-3)7-8-19(20)22;7-10(8,9)6-4-2-1-3-5-6/h5-10,12-14H,11H2,1-4H3,(H,26,29);1-5H,(H,7,8,9). The molecule has 0 bridgehead atoms. The van der Waals surface area contributed by atoms with Crippen LogP contribution in [0, 0.1) is 6.92 Å². The number of carbonyl (C=O) groups excluding carboxylic acids is 1. The first-order chi connectivity index (χ1) is 20.1. The van der Waals surface area contributed by atoms with Gasteiger partial charge in [0.15, 0.2) is 0 Å². The lowest BCUT2D eigenvalue weighted by Crippen LogP contribution is -2.15. The Balaban J connectivity index is 0.000000343. The van der Waals surface area contributed by atoms with E-state index in [4.69, 9.17) is 18.8 Å². The molecule has 2 N–H and O–H groups in total. The van der Waals surface area contributed by atoms with Gasteiger partial charge in [0.25, 0.3) is 10.1 Å². The van der Waals surface area contributed by atoms with Crippen molar-refractivity contribution in [3.05, 3.63) is 96.4 Å². The molecule has 11 nitrogen and oxygen atoms in total. The van der Waals surface area contributed by atoms with Crippen LogP contribution in [0.2, 0.25) is 0 Å². The Morgan fingerprint density at radius 2 is 1.69 bits per heavy atom. The van der Waals surface area contributed by atoms with Gasteiger partial charge < -0.3 is 19.5 Å². The Bertz CT molecular complexity index is 1810. The fraction of sp³-hybridized carbons (Fsp3) is 0.167. The minimum Gasteiger partial charge on any atom is -0.497 e. The number of ether oxygens (including phenoxy) is 3. The summed E-state index contributed by atoms with van der Waals surface area (Å²) in [6, 6.07) is 20.3. The van der Waals surface area contributed by atoms with E-state index >= 15 is 0 Å². The molecular weight excluding hydrogens is 560 g/mol. The van der Waals surface area contributed by atoms with Crippen LogP contribution < -0.4 is 19.5 Å². The molecule has 218 valence electrons. The summed E-state index contributed by atoms with van der Waals surface area (Å²) >= 11 is 0. The Hall–Kier alpha value is -4.94. The van der Waals surface area contributed by atoms with Crippen molar-refractivity contribution in [3.8, 4) is 23.0 Å². The maximum atomic E-state index is 12.5. The van der Waals surface area contributed by atoms with Gasteiger partial charge in [-0.3, -0.25) is 19.0 Å². The first-order valence-corrected chi connectivity index (χ1v) is 14.1. The average Bonchev–Trinajstić information content (AvgIpc) is 3.29. The van der Waals surface area contributed by atoms with Gasteiger partial charge >= 0.3 is 0 Å². The number of aryl methyl sites for hydroxylation is 2. The van der Waals surface area contributed by atoms with Gasteiger partial charge in [-0.25, -0.2) is 0 Å². The van der Waals surface area contributed by atoms with Crippen molar-refractivity contribution in [2.75, 3.05) is 19.5 Å². The van der Waals surface area contributed by atoms with Gasteiger partial charge in [-0.1, -0.05) is 24.3 Å². The van der Waals surface area contributed by atoms with Gasteiger partial charge in [0.2, 0.25) is 5.91 Å². The SMILES string of the molecule is COc1ccc2c(Oc3ccc(CC(=O)Nc4cn(C)nc4C)c(OC)c3)ccnc2c1.O=S(=O)(O)c1ccccc1. The minimum atomic E-state index is -4.00. The smallest absolute Gasteiger partial charge is 0.294 e. The van der Waals surface area contributed by atoms with Crippen LogP contribution in [0.5, 0.6) is 23.0 Å². The zero-order valence-electron chi connectivity index (χ0n) is 23.4. The second kappa shape index (κ2) is 13.1. The van der Waals surface area contributed by atoms with E-state index in [2.05, 4.69) is 15.4 Å². The molecule has 0 aliphatic carbocycles. The van der Waals surface area contributed by atoms with Gasteiger partial charge in [0.1, 0.15) is 23.0 Å². The van der Waals surface area contributed by atoms with E-state index in [1.807, 2.05) is 44.3 Å². The van der Waals surface area contributed by atoms with E-state index in [0.717, 1.165) is 27.9 Å². The molecule has 2 heterocycles. The molecule has 0 saturated carbocycles. The first kappa shape index (κ1) is 30.0. The molecule has 1 amide bonds. The zero-order valence-corrected chi connectivity index (χ0v) is 24.3. The number of benzene rings is 3. The molecule has 5 rings (SSSR count). The zero-order chi connectivity index (χ0) is 30.3. The molecule has 3 aromatic carbocycles. The number of amides is 1. The van der Waals surface area contributed by atoms with Gasteiger partial charge in [0.05, 0.1) is 42.4 Å². The quantitative estimate of drug-likeness (QED) is 0.233. The highest BCUT2D eigenvalue weighted by Gasteiger charge is 2.14. The summed E-state index contributed by atoms with van der Waals surface area (Å²) in [6.45, 7) is 1.85. The number of pyridine rings is 1. The van der Waals surface area contributed by atoms with Gasteiger partial charge in [-0.15, -0.1) is 0 Å². The molecule has 2 aromatic heterocycles. The van der Waals surface area contributed by atoms with E-state index in [9.17, 15) is 13.2 Å². The van der Waals surface area contributed by atoms with E-state index in [-0.39, 0.29) is 17.2 Å². The second-order valence-electron chi connectivity index (χ2n) is 9.08. The summed E-state index contributed by atoms with van der Waals surface area (Å²) in [5.74, 6) is 2.41. The Kier molecular flexibility index (Phi) is 9.40. The molecule has 0 unspecified atom stereocenters. The maximum Gasteiger partial charge on any atom is 0.294 e. The Morgan fingerprint density at radius 1 is 0.952 bits per heavy atom. The van der Waals surface area contributed by atoms with Crippen molar-refractivity contribution in [2.45, 2.75) is 18.2 Å². The normalized spacial score (nSPS) is 10.9. The van der Waals surface area contributed by atoms with Crippen molar-refractivity contribution in [2.24, 2.45) is 7.05 Å². The molecule has 0 radical (unpaired) electrons. The van der Waals surface area contributed by atoms with Crippen LogP contribution >= 0.6 is 0 Å². The third kappa shape index (κ3) is 7.62. The topological polar surface area (TPSA) is 142 Å². The van der Waals surface area contributed by atoms with E-state index in [0.29, 0.717) is 22.9 Å². The fourth-order valence-electron chi connectivity index (χ4n) is 4.06. The summed E-state index contributed by atoms with van der Waals surface area (Å²) in [4.78, 5) is 16.8. The molecule has 0 saturated heterocycles. The number of fused-ring (bicyclic) bond motifs is 1. The van der Waals surface area contributed by atoms with Gasteiger partial charge in [-0.2, -0.15) is 13.5 Å². The summed E-state index contributed by atoms with van der Waals surface area (Å²) in [5, 5.41) is 7.99. The molecule has 5 aromatic rings. The molecule has 12 heteroatoms. The van der Waals surface area contributed by atoms with E-state index < -0.39 is 10.1 Å². The second-order valence-corrected chi connectivity index (χ2v) is 10.5. The van der Waals surface area contributed by atoms with Crippen LogP contribution in [0.1, 0.15) is 11.3 Å². The van der Waals surface area contributed by atoms with Crippen LogP contribution in [0.3, 0.4) is 0 Å². The molecule has 42 heavy (non-hydrogen) atoms. The van der Waals surface area contributed by atoms with E-state index in [1.165, 1.54) is 12.1 Å². The Morgan fingerprint density at radius 3 is 2.31 bits per heavy atom. The fourth-order valence-corrected chi connectivity index (χ4v) is 4.56. The molecule has 0 atom stereocenters. The number of carbonyl (C=O) groups is 1. The van der Waals surface area contributed by atoms with Crippen LogP contribution in [0.25, 0.3) is 10.9 Å². The van der Waals surface area contributed by atoms with Gasteiger partial charge in [0, 0.05) is 42.5 Å². The van der Waals surface area contributed by atoms with Crippen LogP contribution in [-0.4, -0.2) is 47.9 Å². The third-order valence-electron chi connectivity index (χ3n) is 6.08. The monoisotopic (exact) mass is 590 g/mol. The third-order valence-corrected chi connectivity index (χ3v) is 6.94. The Labute approximate surface area is 243 Å². The van der Waals surface area contributed by atoms with Crippen molar-refractivity contribution in [1.82, 2.24) is 14.8 Å². The number of methoxy groups -OCH3 is 2. The van der Waals surface area contributed by atoms with E-state index in [1.54, 1.807) is 61.6 Å². The number of hydrogen-bond acceptors (Lipinski definition) is 8. The molecule has 0 aliphatic rings. The highest BCUT2D eigenvalue weighted by atomic mass is 32.2. The largest absolute Gasteiger partial charge is 0.497 e. The summed E-state index contributed by atoms with van der Waals surface area (Å²) < 4.78 is 47.8. The summed E-state index contributed by atoms with van der Waals surface area (Å²) in [5.41, 5.74) is 2.98. The predicted octanol–water partition coefficient (Wildman–Crippen LogP) is 5.20. The number of aromatic nitrogens is 3. The van der Waals surface area contributed by atoms with Crippen LogP contribution in [0.4, 0.5) is 5.69 Å². The lowest BCUT2D eigenvalue weighted by molar-refractivity contribution is -0.115. The number of nitrogens with zero attached hydrogens (tertiary/aromatic N) is 3. The number of hydrogen-bond donors (Lipinski definition) is 2.